The second-order valence-corrected chi connectivity index (χ2v) is 3.35. The number of benzene rings is 1. The number of nitrogens with zero attached hydrogens (tertiary/aromatic N) is 1. The first-order chi connectivity index (χ1) is 6.95. The number of rotatable bonds is 3. The molecule has 5 heteroatoms. The molecule has 1 N–H and O–H groups in total. The Kier molecular flexibility index (Phi) is 3.36. The molecule has 1 aromatic carbocycles. The van der Waals surface area contributed by atoms with E-state index < -0.39 is 23.6 Å². The summed E-state index contributed by atoms with van der Waals surface area (Å²) < 4.78 is 26.2. The van der Waals surface area contributed by atoms with Crippen LogP contribution < -0.4 is 0 Å². The molecule has 0 fully saturated rings. The van der Waals surface area contributed by atoms with Gasteiger partial charge in [0, 0.05) is 5.56 Å². The Morgan fingerprint density at radius 1 is 1.40 bits per heavy atom. The summed E-state index contributed by atoms with van der Waals surface area (Å²) in [5.41, 5.74) is -0.174. The van der Waals surface area contributed by atoms with Crippen LogP contribution >= 0.6 is 0 Å². The van der Waals surface area contributed by atoms with Crippen molar-refractivity contribution in [2.75, 3.05) is 14.1 Å². The van der Waals surface area contributed by atoms with Gasteiger partial charge in [-0.15, -0.1) is 0 Å². The minimum atomic E-state index is -1.22. The third-order valence-electron chi connectivity index (χ3n) is 2.03. The van der Waals surface area contributed by atoms with Gasteiger partial charge in [0.2, 0.25) is 0 Å². The quantitative estimate of drug-likeness (QED) is 0.833. The molecule has 0 aromatic heterocycles. The highest BCUT2D eigenvalue weighted by molar-refractivity contribution is 5.75. The number of likely N-dealkylation sites (N-methyl/N-ethyl adjacent to an activating group) is 1. The van der Waals surface area contributed by atoms with Gasteiger partial charge < -0.3 is 5.11 Å². The van der Waals surface area contributed by atoms with Gasteiger partial charge in [0.1, 0.15) is 6.04 Å². The predicted octanol–water partition coefficient (Wildman–Crippen LogP) is 1.65. The second-order valence-electron chi connectivity index (χ2n) is 3.35. The topological polar surface area (TPSA) is 40.5 Å². The van der Waals surface area contributed by atoms with Crippen LogP contribution in [0.5, 0.6) is 0 Å². The molecular formula is C10H11F2NO2. The molecule has 1 aromatic rings. The van der Waals surface area contributed by atoms with Gasteiger partial charge >= 0.3 is 5.97 Å². The standard InChI is InChI=1S/C10H11F2NO2/c1-13(2)9(10(14)15)6-4-3-5-7(11)8(6)12/h3-5,9H,1-2H3,(H,14,15)/t9-/m0/s1. The minimum absolute atomic E-state index is 0.174. The summed E-state index contributed by atoms with van der Waals surface area (Å²) in [6.07, 6.45) is 0. The van der Waals surface area contributed by atoms with Crippen molar-refractivity contribution in [1.82, 2.24) is 4.90 Å². The van der Waals surface area contributed by atoms with Crippen molar-refractivity contribution in [2.45, 2.75) is 6.04 Å². The maximum absolute atomic E-state index is 13.3. The van der Waals surface area contributed by atoms with E-state index in [9.17, 15) is 13.6 Å². The zero-order valence-corrected chi connectivity index (χ0v) is 8.37. The first-order valence-corrected chi connectivity index (χ1v) is 4.28. The Morgan fingerprint density at radius 3 is 2.47 bits per heavy atom. The van der Waals surface area contributed by atoms with Gasteiger partial charge in [-0.05, 0) is 20.2 Å². The molecule has 82 valence electrons. The molecule has 0 saturated carbocycles. The number of halogens is 2. The van der Waals surface area contributed by atoms with Crippen LogP contribution in [0.25, 0.3) is 0 Å². The lowest BCUT2D eigenvalue weighted by Gasteiger charge is -2.20. The second kappa shape index (κ2) is 4.35. The van der Waals surface area contributed by atoms with Crippen molar-refractivity contribution >= 4 is 5.97 Å². The van der Waals surface area contributed by atoms with Crippen LogP contribution in [0.1, 0.15) is 11.6 Å². The third-order valence-corrected chi connectivity index (χ3v) is 2.03. The summed E-state index contributed by atoms with van der Waals surface area (Å²) in [5.74, 6) is -3.37. The van der Waals surface area contributed by atoms with Gasteiger partial charge in [-0.3, -0.25) is 9.69 Å². The highest BCUT2D eigenvalue weighted by atomic mass is 19.2. The Labute approximate surface area is 85.9 Å². The molecule has 1 atom stereocenters. The first kappa shape index (κ1) is 11.6. The molecule has 3 nitrogen and oxygen atoms in total. The summed E-state index contributed by atoms with van der Waals surface area (Å²) in [5, 5.41) is 8.88. The fraction of sp³-hybridized carbons (Fsp3) is 0.300. The average Bonchev–Trinajstić information content (AvgIpc) is 2.11. The van der Waals surface area contributed by atoms with Crippen LogP contribution in [0.4, 0.5) is 8.78 Å². The fourth-order valence-corrected chi connectivity index (χ4v) is 1.36. The number of hydrogen-bond acceptors (Lipinski definition) is 2. The summed E-state index contributed by atoms with van der Waals surface area (Å²) in [6.45, 7) is 0. The van der Waals surface area contributed by atoms with E-state index >= 15 is 0 Å². The zero-order chi connectivity index (χ0) is 11.6. The van der Waals surface area contributed by atoms with Crippen molar-refractivity contribution in [1.29, 1.82) is 0 Å². The smallest absolute Gasteiger partial charge is 0.325 e. The number of carboxylic acid groups (broad SMARTS) is 1. The van der Waals surface area contributed by atoms with E-state index in [4.69, 9.17) is 5.11 Å². The zero-order valence-electron chi connectivity index (χ0n) is 8.37. The molecule has 0 radical (unpaired) electrons. The van der Waals surface area contributed by atoms with E-state index in [0.29, 0.717) is 0 Å². The maximum Gasteiger partial charge on any atom is 0.325 e. The van der Waals surface area contributed by atoms with Gasteiger partial charge in [0.25, 0.3) is 0 Å². The highest BCUT2D eigenvalue weighted by Gasteiger charge is 2.26. The molecule has 0 aliphatic carbocycles. The predicted molar refractivity (Wildman–Crippen MR) is 50.4 cm³/mol. The lowest BCUT2D eigenvalue weighted by molar-refractivity contribution is -0.142. The first-order valence-electron chi connectivity index (χ1n) is 4.28. The molecule has 0 saturated heterocycles. The normalized spacial score (nSPS) is 12.9. The number of hydrogen-bond donors (Lipinski definition) is 1. The molecule has 0 bridgehead atoms. The van der Waals surface area contributed by atoms with Gasteiger partial charge in [-0.1, -0.05) is 12.1 Å². The molecule has 1 rings (SSSR count). The van der Waals surface area contributed by atoms with E-state index in [1.54, 1.807) is 0 Å². The van der Waals surface area contributed by atoms with Gasteiger partial charge in [0.15, 0.2) is 11.6 Å². The number of carboxylic acids is 1. The maximum atomic E-state index is 13.3. The number of aliphatic carboxylic acids is 1. The SMILES string of the molecule is CN(C)[C@H](C(=O)O)c1cccc(F)c1F. The summed E-state index contributed by atoms with van der Waals surface area (Å²) in [7, 11) is 2.98. The molecule has 0 spiro atoms. The molecule has 0 unspecified atom stereocenters. The Morgan fingerprint density at radius 2 is 2.00 bits per heavy atom. The molecular weight excluding hydrogens is 204 g/mol. The largest absolute Gasteiger partial charge is 0.480 e. The van der Waals surface area contributed by atoms with E-state index in [-0.39, 0.29) is 5.56 Å². The summed E-state index contributed by atoms with van der Waals surface area (Å²) >= 11 is 0. The summed E-state index contributed by atoms with van der Waals surface area (Å²) in [4.78, 5) is 12.2. The summed E-state index contributed by atoms with van der Waals surface area (Å²) in [6, 6.07) is 2.32. The number of carbonyl (C=O) groups is 1. The fourth-order valence-electron chi connectivity index (χ4n) is 1.36. The van der Waals surface area contributed by atoms with Crippen molar-refractivity contribution in [3.05, 3.63) is 35.4 Å². The van der Waals surface area contributed by atoms with Gasteiger partial charge in [0.05, 0.1) is 0 Å². The van der Waals surface area contributed by atoms with Crippen molar-refractivity contribution in [3.8, 4) is 0 Å². The average molecular weight is 215 g/mol. The van der Waals surface area contributed by atoms with Gasteiger partial charge in [-0.2, -0.15) is 0 Å². The molecule has 0 heterocycles. The molecule has 0 aliphatic rings. The van der Waals surface area contributed by atoms with Crippen molar-refractivity contribution < 1.29 is 18.7 Å². The Hall–Kier alpha value is -1.49. The lowest BCUT2D eigenvalue weighted by Crippen LogP contribution is -2.28. The molecule has 15 heavy (non-hydrogen) atoms. The van der Waals surface area contributed by atoms with E-state index in [2.05, 4.69) is 0 Å². The van der Waals surface area contributed by atoms with Gasteiger partial charge in [-0.25, -0.2) is 8.78 Å². The van der Waals surface area contributed by atoms with Crippen LogP contribution in [-0.4, -0.2) is 30.1 Å². The monoisotopic (exact) mass is 215 g/mol. The highest BCUT2D eigenvalue weighted by Crippen LogP contribution is 2.23. The Balaban J connectivity index is 3.23. The van der Waals surface area contributed by atoms with Crippen LogP contribution in [-0.2, 0) is 4.79 Å². The third kappa shape index (κ3) is 2.30. The van der Waals surface area contributed by atoms with Crippen molar-refractivity contribution in [3.63, 3.8) is 0 Å². The van der Waals surface area contributed by atoms with E-state index in [1.165, 1.54) is 31.1 Å². The molecule has 0 amide bonds. The van der Waals surface area contributed by atoms with Crippen molar-refractivity contribution in [2.24, 2.45) is 0 Å². The van der Waals surface area contributed by atoms with E-state index in [0.717, 1.165) is 6.07 Å². The van der Waals surface area contributed by atoms with Crippen LogP contribution in [0.15, 0.2) is 18.2 Å². The van der Waals surface area contributed by atoms with Crippen LogP contribution in [0.3, 0.4) is 0 Å². The Bertz CT molecular complexity index is 380. The minimum Gasteiger partial charge on any atom is -0.480 e. The van der Waals surface area contributed by atoms with E-state index in [1.807, 2.05) is 0 Å². The van der Waals surface area contributed by atoms with Crippen LogP contribution in [0.2, 0.25) is 0 Å². The van der Waals surface area contributed by atoms with Crippen LogP contribution in [0, 0.1) is 11.6 Å². The lowest BCUT2D eigenvalue weighted by atomic mass is 10.1. The molecule has 0 aliphatic heterocycles.